The maximum atomic E-state index is 13.0. The number of fused-ring (bicyclic) bond motifs is 4. The highest BCUT2D eigenvalue weighted by Gasteiger charge is 2.38. The summed E-state index contributed by atoms with van der Waals surface area (Å²) in [4.78, 5) is 30.8. The molecule has 1 aliphatic heterocycles. The van der Waals surface area contributed by atoms with Crippen LogP contribution in [0.4, 0.5) is 0 Å². The molecule has 31 heavy (non-hydrogen) atoms. The third-order valence-corrected chi connectivity index (χ3v) is 6.91. The van der Waals surface area contributed by atoms with Crippen molar-refractivity contribution in [2.75, 3.05) is 33.9 Å². The smallest absolute Gasteiger partial charge is 0.328 e. The second-order valence-corrected chi connectivity index (χ2v) is 8.46. The van der Waals surface area contributed by atoms with Gasteiger partial charge in [-0.15, -0.1) is 0 Å². The van der Waals surface area contributed by atoms with Crippen molar-refractivity contribution in [2.24, 2.45) is 5.92 Å². The summed E-state index contributed by atoms with van der Waals surface area (Å²) in [7, 11) is 3.26. The Morgan fingerprint density at radius 2 is 1.77 bits per heavy atom. The number of nitrogens with zero attached hydrogens (tertiary/aromatic N) is 2. The lowest BCUT2D eigenvalue weighted by atomic mass is 9.77. The van der Waals surface area contributed by atoms with Crippen LogP contribution >= 0.6 is 0 Å². The maximum Gasteiger partial charge on any atom is 0.328 e. The fourth-order valence-electron chi connectivity index (χ4n) is 5.37. The SMILES string of the molecule is COc1cccc2c1CC[C@H]1CN(CCn3c(=O)[nH]c4c(OC)cccc4c3=O)C[C@@H]21. The highest BCUT2D eigenvalue weighted by molar-refractivity contribution is 5.83. The molecule has 2 aliphatic rings. The number of hydrogen-bond donors (Lipinski definition) is 1. The minimum Gasteiger partial charge on any atom is -0.496 e. The number of aromatic nitrogens is 2. The third kappa shape index (κ3) is 3.33. The molecule has 7 nitrogen and oxygen atoms in total. The fraction of sp³-hybridized carbons (Fsp3) is 0.417. The number of rotatable bonds is 5. The van der Waals surface area contributed by atoms with Crippen molar-refractivity contribution in [1.29, 1.82) is 0 Å². The number of likely N-dealkylation sites (tertiary alicyclic amines) is 1. The molecule has 0 radical (unpaired) electrons. The van der Waals surface area contributed by atoms with E-state index in [1.54, 1.807) is 25.3 Å². The second kappa shape index (κ2) is 7.89. The zero-order valence-electron chi connectivity index (χ0n) is 17.9. The summed E-state index contributed by atoms with van der Waals surface area (Å²) in [6, 6.07) is 11.6. The van der Waals surface area contributed by atoms with Crippen LogP contribution in [-0.2, 0) is 13.0 Å². The molecule has 0 bridgehead atoms. The van der Waals surface area contributed by atoms with Gasteiger partial charge in [-0.05, 0) is 48.1 Å². The lowest BCUT2D eigenvalue weighted by Gasteiger charge is -2.28. The van der Waals surface area contributed by atoms with Gasteiger partial charge in [0, 0.05) is 32.1 Å². The van der Waals surface area contributed by atoms with Gasteiger partial charge in [0.05, 0.1) is 25.1 Å². The van der Waals surface area contributed by atoms with Crippen LogP contribution in [0.2, 0.25) is 0 Å². The van der Waals surface area contributed by atoms with Crippen LogP contribution in [0.1, 0.15) is 23.5 Å². The Bertz CT molecular complexity index is 1250. The van der Waals surface area contributed by atoms with Crippen LogP contribution in [0.5, 0.6) is 11.5 Å². The molecule has 1 saturated heterocycles. The summed E-state index contributed by atoms with van der Waals surface area (Å²) < 4.78 is 12.2. The lowest BCUT2D eigenvalue weighted by molar-refractivity contribution is 0.303. The van der Waals surface area contributed by atoms with E-state index in [9.17, 15) is 9.59 Å². The van der Waals surface area contributed by atoms with Crippen molar-refractivity contribution in [1.82, 2.24) is 14.5 Å². The molecule has 0 unspecified atom stereocenters. The van der Waals surface area contributed by atoms with Crippen molar-refractivity contribution < 1.29 is 9.47 Å². The summed E-state index contributed by atoms with van der Waals surface area (Å²) in [5.41, 5.74) is 2.52. The molecule has 2 heterocycles. The molecule has 3 aromatic rings. The third-order valence-electron chi connectivity index (χ3n) is 6.91. The van der Waals surface area contributed by atoms with Gasteiger partial charge in [0.2, 0.25) is 0 Å². The van der Waals surface area contributed by atoms with Crippen molar-refractivity contribution in [3.05, 3.63) is 68.4 Å². The van der Waals surface area contributed by atoms with E-state index in [1.165, 1.54) is 22.8 Å². The molecule has 5 rings (SSSR count). The Balaban J connectivity index is 1.37. The quantitative estimate of drug-likeness (QED) is 0.685. The molecular formula is C24H27N3O4. The summed E-state index contributed by atoms with van der Waals surface area (Å²) in [5, 5.41) is 0.468. The first-order valence-corrected chi connectivity index (χ1v) is 10.8. The molecule has 2 atom stereocenters. The summed E-state index contributed by atoms with van der Waals surface area (Å²) in [6.45, 7) is 2.98. The summed E-state index contributed by atoms with van der Waals surface area (Å²) in [5.74, 6) is 2.57. The minimum absolute atomic E-state index is 0.274. The zero-order chi connectivity index (χ0) is 21.5. The minimum atomic E-state index is -0.395. The lowest BCUT2D eigenvalue weighted by Crippen LogP contribution is -2.38. The summed E-state index contributed by atoms with van der Waals surface area (Å²) in [6.07, 6.45) is 2.19. The van der Waals surface area contributed by atoms with Gasteiger partial charge in [0.1, 0.15) is 11.5 Å². The van der Waals surface area contributed by atoms with E-state index in [0.717, 1.165) is 31.7 Å². The first-order valence-electron chi connectivity index (χ1n) is 10.8. The van der Waals surface area contributed by atoms with Crippen LogP contribution in [-0.4, -0.2) is 48.3 Å². The number of H-pyrrole nitrogens is 1. The number of nitrogens with one attached hydrogen (secondary N) is 1. The van der Waals surface area contributed by atoms with E-state index in [0.29, 0.717) is 41.6 Å². The second-order valence-electron chi connectivity index (χ2n) is 8.46. The van der Waals surface area contributed by atoms with Gasteiger partial charge in [-0.1, -0.05) is 18.2 Å². The van der Waals surface area contributed by atoms with Crippen LogP contribution < -0.4 is 20.7 Å². The zero-order valence-corrected chi connectivity index (χ0v) is 17.9. The molecule has 0 saturated carbocycles. The molecular weight excluding hydrogens is 394 g/mol. The molecule has 0 spiro atoms. The van der Waals surface area contributed by atoms with E-state index in [-0.39, 0.29) is 5.56 Å². The standard InChI is InChI=1S/C24H27N3O4/c1-30-20-7-3-5-16-17(20)10-9-15-13-26(14-19(15)16)11-12-27-23(28)18-6-4-8-21(31-2)22(18)25-24(27)29/h3-8,15,19H,9-14H2,1-2H3,(H,25,29)/t15-,19+/m0/s1. The molecule has 1 aliphatic carbocycles. The van der Waals surface area contributed by atoms with Gasteiger partial charge >= 0.3 is 5.69 Å². The van der Waals surface area contributed by atoms with Crippen LogP contribution in [0.3, 0.4) is 0 Å². The first kappa shape index (κ1) is 19.9. The molecule has 0 amide bonds. The Morgan fingerprint density at radius 3 is 2.58 bits per heavy atom. The molecule has 7 heteroatoms. The predicted octanol–water partition coefficient (Wildman–Crippen LogP) is 2.37. The fourth-order valence-corrected chi connectivity index (χ4v) is 5.37. The number of ether oxygens (including phenoxy) is 2. The largest absolute Gasteiger partial charge is 0.496 e. The number of benzene rings is 2. The Morgan fingerprint density at radius 1 is 1.00 bits per heavy atom. The first-order chi connectivity index (χ1) is 15.1. The highest BCUT2D eigenvalue weighted by atomic mass is 16.5. The van der Waals surface area contributed by atoms with Gasteiger partial charge in [-0.2, -0.15) is 0 Å². The molecule has 1 aromatic heterocycles. The Hall–Kier alpha value is -3.06. The Kier molecular flexibility index (Phi) is 5.06. The predicted molar refractivity (Wildman–Crippen MR) is 119 cm³/mol. The number of methoxy groups -OCH3 is 2. The average molecular weight is 421 g/mol. The number of hydrogen-bond acceptors (Lipinski definition) is 5. The Labute approximate surface area is 180 Å². The van der Waals surface area contributed by atoms with Gasteiger partial charge in [0.25, 0.3) is 5.56 Å². The van der Waals surface area contributed by atoms with Gasteiger partial charge < -0.3 is 19.4 Å². The van der Waals surface area contributed by atoms with Gasteiger partial charge in [-0.25, -0.2) is 4.79 Å². The van der Waals surface area contributed by atoms with Crippen molar-refractivity contribution in [3.8, 4) is 11.5 Å². The van der Waals surface area contributed by atoms with E-state index in [2.05, 4.69) is 22.0 Å². The summed E-state index contributed by atoms with van der Waals surface area (Å²) >= 11 is 0. The van der Waals surface area contributed by atoms with Crippen molar-refractivity contribution >= 4 is 10.9 Å². The normalized spacial score (nSPS) is 20.5. The monoisotopic (exact) mass is 421 g/mol. The topological polar surface area (TPSA) is 76.6 Å². The van der Waals surface area contributed by atoms with Crippen molar-refractivity contribution in [3.63, 3.8) is 0 Å². The molecule has 162 valence electrons. The molecule has 1 N–H and O–H groups in total. The average Bonchev–Trinajstić information content (AvgIpc) is 3.21. The van der Waals surface area contributed by atoms with Gasteiger partial charge in [-0.3, -0.25) is 9.36 Å². The van der Waals surface area contributed by atoms with Crippen molar-refractivity contribution in [2.45, 2.75) is 25.3 Å². The number of aromatic amines is 1. The van der Waals surface area contributed by atoms with Crippen LogP contribution in [0.15, 0.2) is 46.0 Å². The molecule has 1 fully saturated rings. The van der Waals surface area contributed by atoms with Crippen LogP contribution in [0.25, 0.3) is 10.9 Å². The number of para-hydroxylation sites is 1. The van der Waals surface area contributed by atoms with Gasteiger partial charge in [0.15, 0.2) is 0 Å². The van der Waals surface area contributed by atoms with E-state index < -0.39 is 5.69 Å². The molecule has 2 aromatic carbocycles. The van der Waals surface area contributed by atoms with Crippen LogP contribution in [0, 0.1) is 5.92 Å². The van der Waals surface area contributed by atoms with E-state index >= 15 is 0 Å². The van der Waals surface area contributed by atoms with E-state index in [4.69, 9.17) is 9.47 Å². The highest BCUT2D eigenvalue weighted by Crippen LogP contribution is 2.43. The maximum absolute atomic E-state index is 13.0. The van der Waals surface area contributed by atoms with E-state index in [1.807, 2.05) is 6.07 Å².